The number of amides is 1. The minimum atomic E-state index is 0.0475. The van der Waals surface area contributed by atoms with Gasteiger partial charge in [0.25, 0.3) is 5.91 Å². The molecule has 0 aromatic heterocycles. The number of nitrogens with zero attached hydrogens (tertiary/aromatic N) is 2. The number of rotatable bonds is 9. The van der Waals surface area contributed by atoms with E-state index in [2.05, 4.69) is 85.5 Å². The summed E-state index contributed by atoms with van der Waals surface area (Å²) >= 11 is 0. The molecule has 0 N–H and O–H groups in total. The second kappa shape index (κ2) is 12.8. The molecule has 1 aliphatic heterocycles. The zero-order chi connectivity index (χ0) is 27.9. The van der Waals surface area contributed by atoms with Crippen LogP contribution in [0.25, 0.3) is 0 Å². The monoisotopic (exact) mass is 534 g/mol. The average molecular weight is 535 g/mol. The Balaban J connectivity index is 1.29. The maximum Gasteiger partial charge on any atom is 0.253 e. The van der Waals surface area contributed by atoms with Crippen molar-refractivity contribution in [2.45, 2.75) is 33.4 Å². The van der Waals surface area contributed by atoms with Gasteiger partial charge in [0, 0.05) is 37.3 Å². The third-order valence-corrected chi connectivity index (χ3v) is 7.39. The quantitative estimate of drug-likeness (QED) is 0.236. The first-order valence-electron chi connectivity index (χ1n) is 14.1. The third-order valence-electron chi connectivity index (χ3n) is 7.39. The molecule has 1 fully saturated rings. The van der Waals surface area contributed by atoms with Crippen molar-refractivity contribution in [3.8, 4) is 11.5 Å². The molecular weight excluding hydrogens is 496 g/mol. The number of ether oxygens (including phenoxy) is 2. The van der Waals surface area contributed by atoms with Gasteiger partial charge in [-0.1, -0.05) is 66.7 Å². The summed E-state index contributed by atoms with van der Waals surface area (Å²) in [5.41, 5.74) is 6.40. The topological polar surface area (TPSA) is 42.0 Å². The number of carbonyl (C=O) groups is 1. The van der Waals surface area contributed by atoms with E-state index in [9.17, 15) is 4.79 Å². The normalized spacial score (nSPS) is 13.8. The second-order valence-corrected chi connectivity index (χ2v) is 10.4. The van der Waals surface area contributed by atoms with Crippen molar-refractivity contribution in [2.24, 2.45) is 0 Å². The van der Waals surface area contributed by atoms with Crippen LogP contribution < -0.4 is 9.47 Å². The highest BCUT2D eigenvalue weighted by Crippen LogP contribution is 2.30. The van der Waals surface area contributed by atoms with Crippen LogP contribution in [-0.2, 0) is 6.61 Å². The number of hydrogen-bond donors (Lipinski definition) is 0. The minimum absolute atomic E-state index is 0.0475. The molecule has 0 unspecified atom stereocenters. The highest BCUT2D eigenvalue weighted by Gasteiger charge is 2.28. The van der Waals surface area contributed by atoms with Crippen molar-refractivity contribution in [1.29, 1.82) is 0 Å². The lowest BCUT2D eigenvalue weighted by Crippen LogP contribution is -2.49. The highest BCUT2D eigenvalue weighted by atomic mass is 16.5. The van der Waals surface area contributed by atoms with Gasteiger partial charge in [0.2, 0.25) is 0 Å². The zero-order valence-electron chi connectivity index (χ0n) is 23.7. The predicted molar refractivity (Wildman–Crippen MR) is 160 cm³/mol. The molecule has 206 valence electrons. The molecule has 0 aliphatic carbocycles. The third kappa shape index (κ3) is 6.54. The number of hydrogen-bond acceptors (Lipinski definition) is 4. The molecule has 1 saturated heterocycles. The Bertz CT molecular complexity index is 1350. The molecule has 0 saturated carbocycles. The Morgan fingerprint density at radius 3 is 1.93 bits per heavy atom. The molecule has 1 heterocycles. The van der Waals surface area contributed by atoms with Crippen LogP contribution in [0.1, 0.15) is 51.1 Å². The van der Waals surface area contributed by atoms with Gasteiger partial charge in [-0.2, -0.15) is 0 Å². The molecule has 0 bridgehead atoms. The van der Waals surface area contributed by atoms with Crippen LogP contribution in [-0.4, -0.2) is 48.5 Å². The van der Waals surface area contributed by atoms with Crippen LogP contribution in [0.3, 0.4) is 0 Å². The number of aryl methyl sites for hydroxylation is 2. The lowest BCUT2D eigenvalue weighted by molar-refractivity contribution is 0.0597. The van der Waals surface area contributed by atoms with E-state index in [0.29, 0.717) is 31.9 Å². The summed E-state index contributed by atoms with van der Waals surface area (Å²) < 4.78 is 12.0. The molecule has 5 rings (SSSR count). The molecule has 0 atom stereocenters. The smallest absolute Gasteiger partial charge is 0.253 e. The summed E-state index contributed by atoms with van der Waals surface area (Å²) in [4.78, 5) is 18.1. The van der Waals surface area contributed by atoms with Gasteiger partial charge in [-0.3, -0.25) is 9.69 Å². The summed E-state index contributed by atoms with van der Waals surface area (Å²) in [5, 5.41) is 0. The van der Waals surface area contributed by atoms with E-state index in [1.807, 2.05) is 42.2 Å². The Morgan fingerprint density at radius 1 is 0.750 bits per heavy atom. The maximum absolute atomic E-state index is 13.6. The zero-order valence-corrected chi connectivity index (χ0v) is 23.7. The van der Waals surface area contributed by atoms with E-state index in [1.165, 1.54) is 11.1 Å². The predicted octanol–water partition coefficient (Wildman–Crippen LogP) is 6.83. The van der Waals surface area contributed by atoms with E-state index >= 15 is 0 Å². The van der Waals surface area contributed by atoms with Crippen molar-refractivity contribution in [3.05, 3.63) is 130 Å². The van der Waals surface area contributed by atoms with E-state index in [4.69, 9.17) is 9.47 Å². The fourth-order valence-corrected chi connectivity index (χ4v) is 5.55. The lowest BCUT2D eigenvalue weighted by atomic mass is 9.96. The molecule has 5 heteroatoms. The summed E-state index contributed by atoms with van der Waals surface area (Å²) in [6.45, 7) is 9.94. The molecule has 0 radical (unpaired) electrons. The Labute approximate surface area is 238 Å². The van der Waals surface area contributed by atoms with Gasteiger partial charge in [0.15, 0.2) is 0 Å². The fourth-order valence-electron chi connectivity index (χ4n) is 5.55. The molecule has 4 aromatic rings. The maximum atomic E-state index is 13.6. The summed E-state index contributed by atoms with van der Waals surface area (Å²) in [5.74, 6) is 1.62. The van der Waals surface area contributed by atoms with E-state index < -0.39 is 0 Å². The van der Waals surface area contributed by atoms with Crippen LogP contribution in [0.4, 0.5) is 0 Å². The Morgan fingerprint density at radius 2 is 1.35 bits per heavy atom. The molecule has 40 heavy (non-hydrogen) atoms. The number of benzene rings is 4. The number of piperazine rings is 1. The minimum Gasteiger partial charge on any atom is -0.493 e. The van der Waals surface area contributed by atoms with Gasteiger partial charge < -0.3 is 14.4 Å². The molecule has 5 nitrogen and oxygen atoms in total. The van der Waals surface area contributed by atoms with Gasteiger partial charge >= 0.3 is 0 Å². The van der Waals surface area contributed by atoms with Crippen molar-refractivity contribution in [3.63, 3.8) is 0 Å². The van der Waals surface area contributed by atoms with Crippen LogP contribution in [0.5, 0.6) is 11.5 Å². The van der Waals surface area contributed by atoms with Crippen LogP contribution >= 0.6 is 0 Å². The fraction of sp³-hybridized carbons (Fsp3) is 0.286. The summed E-state index contributed by atoms with van der Waals surface area (Å²) in [7, 11) is 0. The van der Waals surface area contributed by atoms with Gasteiger partial charge in [-0.05, 0) is 73.4 Å². The Kier molecular flexibility index (Phi) is 8.82. The van der Waals surface area contributed by atoms with Crippen LogP contribution in [0, 0.1) is 13.8 Å². The largest absolute Gasteiger partial charge is 0.493 e. The Hall–Kier alpha value is -4.09. The number of carbonyl (C=O) groups excluding carboxylic acids is 1. The van der Waals surface area contributed by atoms with E-state index in [-0.39, 0.29) is 11.9 Å². The molecular formula is C35H38N2O3. The van der Waals surface area contributed by atoms with Gasteiger partial charge in [0.1, 0.15) is 18.1 Å². The standard InChI is InChI=1S/C35H38N2O3/c1-4-39-33-16-15-30(24-31(33)25-40-32-22-26(2)21-27(3)23-32)35(38)37-19-17-36(18-20-37)34(28-11-7-5-8-12-28)29-13-9-6-10-14-29/h5-16,21-24,34H,4,17-20,25H2,1-3H3. The SMILES string of the molecule is CCOc1ccc(C(=O)N2CCN(C(c3ccccc3)c3ccccc3)CC2)cc1COc1cc(C)cc(C)c1. The van der Waals surface area contributed by atoms with E-state index in [0.717, 1.165) is 41.3 Å². The van der Waals surface area contributed by atoms with Gasteiger partial charge in [-0.25, -0.2) is 0 Å². The first-order chi connectivity index (χ1) is 19.5. The molecule has 1 aliphatic rings. The first kappa shape index (κ1) is 27.5. The average Bonchev–Trinajstić information content (AvgIpc) is 2.98. The summed E-state index contributed by atoms with van der Waals surface area (Å²) in [6.07, 6.45) is 0. The highest BCUT2D eigenvalue weighted by molar-refractivity contribution is 5.94. The van der Waals surface area contributed by atoms with Crippen molar-refractivity contribution in [2.75, 3.05) is 32.8 Å². The van der Waals surface area contributed by atoms with Crippen LogP contribution in [0.2, 0.25) is 0 Å². The summed E-state index contributed by atoms with van der Waals surface area (Å²) in [6, 6.07) is 33.3. The van der Waals surface area contributed by atoms with Crippen molar-refractivity contribution < 1.29 is 14.3 Å². The second-order valence-electron chi connectivity index (χ2n) is 10.4. The van der Waals surface area contributed by atoms with Crippen LogP contribution in [0.15, 0.2) is 97.1 Å². The van der Waals surface area contributed by atoms with Crippen molar-refractivity contribution in [1.82, 2.24) is 9.80 Å². The van der Waals surface area contributed by atoms with E-state index in [1.54, 1.807) is 0 Å². The first-order valence-corrected chi connectivity index (χ1v) is 14.1. The lowest BCUT2D eigenvalue weighted by Gasteiger charge is -2.40. The molecule has 1 amide bonds. The van der Waals surface area contributed by atoms with Gasteiger partial charge in [0.05, 0.1) is 12.6 Å². The molecule has 0 spiro atoms. The molecule has 4 aromatic carbocycles. The van der Waals surface area contributed by atoms with Crippen molar-refractivity contribution >= 4 is 5.91 Å². The van der Waals surface area contributed by atoms with Gasteiger partial charge in [-0.15, -0.1) is 0 Å².